The third kappa shape index (κ3) is 4.00. The number of hydrogen-bond donors (Lipinski definition) is 0. The second kappa shape index (κ2) is 7.77. The number of halogens is 2. The number of aromatic nitrogens is 2. The maximum Gasteiger partial charge on any atom is 0.247 e. The second-order valence-electron chi connectivity index (χ2n) is 6.39. The first-order valence-electron chi connectivity index (χ1n) is 8.41. The van der Waals surface area contributed by atoms with Crippen LogP contribution in [0, 0.1) is 6.92 Å². The molecule has 0 aliphatic carbocycles. The van der Waals surface area contributed by atoms with Gasteiger partial charge in [-0.05, 0) is 32.0 Å². The second-order valence-corrected chi connectivity index (χ2v) is 7.21. The lowest BCUT2D eigenvalue weighted by Gasteiger charge is -2.36. The van der Waals surface area contributed by atoms with Gasteiger partial charge in [0.25, 0.3) is 0 Å². The zero-order valence-electron chi connectivity index (χ0n) is 14.5. The Kier molecular flexibility index (Phi) is 5.67. The highest BCUT2D eigenvalue weighted by Gasteiger charge is 2.27. The van der Waals surface area contributed by atoms with Crippen molar-refractivity contribution in [1.29, 1.82) is 0 Å². The van der Waals surface area contributed by atoms with Crippen LogP contribution in [0.5, 0.6) is 0 Å². The summed E-state index contributed by atoms with van der Waals surface area (Å²) >= 11 is 12.5. The molecule has 1 aromatic heterocycles. The number of nitrogens with zero attached hydrogens (tertiary/aromatic N) is 4. The van der Waals surface area contributed by atoms with E-state index in [0.717, 1.165) is 24.3 Å². The van der Waals surface area contributed by atoms with Crippen LogP contribution in [-0.4, -0.2) is 51.7 Å². The van der Waals surface area contributed by atoms with Crippen molar-refractivity contribution in [3.8, 4) is 0 Å². The molecular formula is C18H22Cl2N4O. The first-order chi connectivity index (χ1) is 12.0. The summed E-state index contributed by atoms with van der Waals surface area (Å²) in [6.45, 7) is 7.57. The molecule has 0 radical (unpaired) electrons. The summed E-state index contributed by atoms with van der Waals surface area (Å²) in [5.41, 5.74) is 1.94. The van der Waals surface area contributed by atoms with E-state index < -0.39 is 0 Å². The SMILES string of the molecule is Cc1ccnn1C(C)C(=O)N1CCN(Cc2c(Cl)cccc2Cl)CC1. The van der Waals surface area contributed by atoms with E-state index in [4.69, 9.17) is 23.2 Å². The average molecular weight is 381 g/mol. The molecule has 1 fully saturated rings. The van der Waals surface area contributed by atoms with Crippen molar-refractivity contribution in [2.45, 2.75) is 26.4 Å². The molecule has 5 nitrogen and oxygen atoms in total. The van der Waals surface area contributed by atoms with Gasteiger partial charge in [-0.2, -0.15) is 5.10 Å². The lowest BCUT2D eigenvalue weighted by molar-refractivity contribution is -0.136. The molecule has 7 heteroatoms. The van der Waals surface area contributed by atoms with E-state index in [9.17, 15) is 4.79 Å². The summed E-state index contributed by atoms with van der Waals surface area (Å²) in [7, 11) is 0. The Bertz CT molecular complexity index is 733. The van der Waals surface area contributed by atoms with E-state index in [-0.39, 0.29) is 11.9 Å². The fourth-order valence-electron chi connectivity index (χ4n) is 3.19. The van der Waals surface area contributed by atoms with Gasteiger partial charge in [0.2, 0.25) is 5.91 Å². The molecule has 0 bridgehead atoms. The summed E-state index contributed by atoms with van der Waals surface area (Å²) in [5.74, 6) is 0.113. The average Bonchev–Trinajstić information content (AvgIpc) is 3.03. The van der Waals surface area contributed by atoms with Crippen LogP contribution in [0.1, 0.15) is 24.2 Å². The van der Waals surface area contributed by atoms with Gasteiger partial charge in [-0.1, -0.05) is 29.3 Å². The minimum absolute atomic E-state index is 0.113. The minimum atomic E-state index is -0.278. The number of hydrogen-bond acceptors (Lipinski definition) is 3. The summed E-state index contributed by atoms with van der Waals surface area (Å²) in [4.78, 5) is 16.9. The number of carbonyl (C=O) groups is 1. The van der Waals surface area contributed by atoms with Gasteiger partial charge in [0.05, 0.1) is 0 Å². The maximum absolute atomic E-state index is 12.7. The Morgan fingerprint density at radius 2 is 1.80 bits per heavy atom. The fraction of sp³-hybridized carbons (Fsp3) is 0.444. The minimum Gasteiger partial charge on any atom is -0.338 e. The molecule has 0 spiro atoms. The Morgan fingerprint density at radius 1 is 1.16 bits per heavy atom. The van der Waals surface area contributed by atoms with Crippen LogP contribution in [0.4, 0.5) is 0 Å². The van der Waals surface area contributed by atoms with Crippen LogP contribution in [0.25, 0.3) is 0 Å². The standard InChI is InChI=1S/C18H22Cl2N4O/c1-13-6-7-21-24(13)14(2)18(25)23-10-8-22(9-11-23)12-15-16(19)4-3-5-17(15)20/h3-7,14H,8-12H2,1-2H3. The molecule has 1 unspecified atom stereocenters. The number of carbonyl (C=O) groups excluding carboxylic acids is 1. The van der Waals surface area contributed by atoms with E-state index in [1.165, 1.54) is 0 Å². The van der Waals surface area contributed by atoms with Crippen molar-refractivity contribution < 1.29 is 4.79 Å². The molecule has 0 N–H and O–H groups in total. The Balaban J connectivity index is 1.58. The molecule has 1 saturated heterocycles. The molecule has 3 rings (SSSR count). The number of rotatable bonds is 4. The quantitative estimate of drug-likeness (QED) is 0.815. The zero-order chi connectivity index (χ0) is 18.0. The topological polar surface area (TPSA) is 41.4 Å². The van der Waals surface area contributed by atoms with Crippen molar-refractivity contribution in [3.05, 3.63) is 51.8 Å². The van der Waals surface area contributed by atoms with Crippen molar-refractivity contribution in [2.75, 3.05) is 26.2 Å². The summed E-state index contributed by atoms with van der Waals surface area (Å²) in [5, 5.41) is 5.63. The van der Waals surface area contributed by atoms with Crippen LogP contribution >= 0.6 is 23.2 Å². The van der Waals surface area contributed by atoms with Crippen LogP contribution in [0.15, 0.2) is 30.5 Å². The third-order valence-electron chi connectivity index (χ3n) is 4.72. The predicted molar refractivity (Wildman–Crippen MR) is 100.0 cm³/mol. The van der Waals surface area contributed by atoms with Gasteiger partial charge in [-0.15, -0.1) is 0 Å². The molecule has 1 aromatic carbocycles. The van der Waals surface area contributed by atoms with E-state index in [2.05, 4.69) is 10.00 Å². The monoisotopic (exact) mass is 380 g/mol. The highest BCUT2D eigenvalue weighted by atomic mass is 35.5. The van der Waals surface area contributed by atoms with Crippen LogP contribution < -0.4 is 0 Å². The van der Waals surface area contributed by atoms with Gasteiger partial charge in [0.15, 0.2) is 0 Å². The zero-order valence-corrected chi connectivity index (χ0v) is 16.0. The number of aryl methyl sites for hydroxylation is 1. The van der Waals surface area contributed by atoms with Crippen molar-refractivity contribution in [1.82, 2.24) is 19.6 Å². The van der Waals surface area contributed by atoms with Gasteiger partial charge < -0.3 is 4.90 Å². The largest absolute Gasteiger partial charge is 0.338 e. The first kappa shape index (κ1) is 18.2. The van der Waals surface area contributed by atoms with Crippen LogP contribution in [0.2, 0.25) is 10.0 Å². The van der Waals surface area contributed by atoms with Crippen molar-refractivity contribution in [3.63, 3.8) is 0 Å². The highest BCUT2D eigenvalue weighted by Crippen LogP contribution is 2.26. The van der Waals surface area contributed by atoms with Crippen LogP contribution in [-0.2, 0) is 11.3 Å². The highest BCUT2D eigenvalue weighted by molar-refractivity contribution is 6.35. The summed E-state index contributed by atoms with van der Waals surface area (Å²) in [6.07, 6.45) is 1.73. The van der Waals surface area contributed by atoms with Gasteiger partial charge >= 0.3 is 0 Å². The maximum atomic E-state index is 12.7. The Morgan fingerprint density at radius 3 is 2.36 bits per heavy atom. The molecule has 2 aromatic rings. The lowest BCUT2D eigenvalue weighted by atomic mass is 10.2. The molecule has 1 aliphatic rings. The number of benzene rings is 1. The summed E-state index contributed by atoms with van der Waals surface area (Å²) in [6, 6.07) is 7.20. The van der Waals surface area contributed by atoms with Crippen LogP contribution in [0.3, 0.4) is 0 Å². The normalized spacial score (nSPS) is 16.9. The van der Waals surface area contributed by atoms with E-state index >= 15 is 0 Å². The molecule has 1 aliphatic heterocycles. The number of amides is 1. The molecule has 1 amide bonds. The van der Waals surface area contributed by atoms with Gasteiger partial charge in [-0.3, -0.25) is 14.4 Å². The first-order valence-corrected chi connectivity index (χ1v) is 9.17. The molecule has 0 saturated carbocycles. The number of piperazine rings is 1. The van der Waals surface area contributed by atoms with Gasteiger partial charge in [0.1, 0.15) is 6.04 Å². The molecule has 134 valence electrons. The Hall–Kier alpha value is -1.56. The fourth-order valence-corrected chi connectivity index (χ4v) is 3.71. The van der Waals surface area contributed by atoms with E-state index in [1.54, 1.807) is 10.9 Å². The van der Waals surface area contributed by atoms with Crippen molar-refractivity contribution in [2.24, 2.45) is 0 Å². The predicted octanol–water partition coefficient (Wildman–Crippen LogP) is 3.40. The van der Waals surface area contributed by atoms with Gasteiger partial charge in [-0.25, -0.2) is 0 Å². The molecule has 25 heavy (non-hydrogen) atoms. The molecular weight excluding hydrogens is 359 g/mol. The van der Waals surface area contributed by atoms with E-state index in [0.29, 0.717) is 29.7 Å². The molecule has 2 heterocycles. The van der Waals surface area contributed by atoms with Gasteiger partial charge in [0, 0.05) is 60.2 Å². The van der Waals surface area contributed by atoms with Crippen molar-refractivity contribution >= 4 is 29.1 Å². The third-order valence-corrected chi connectivity index (χ3v) is 5.43. The lowest BCUT2D eigenvalue weighted by Crippen LogP contribution is -2.50. The summed E-state index contributed by atoms with van der Waals surface area (Å²) < 4.78 is 1.78. The Labute approximate surface area is 158 Å². The molecule has 1 atom stereocenters. The smallest absolute Gasteiger partial charge is 0.247 e. The van der Waals surface area contributed by atoms with E-state index in [1.807, 2.05) is 43.0 Å².